The Morgan fingerprint density at radius 2 is 1.81 bits per heavy atom. The Bertz CT molecular complexity index is 915. The Hall–Kier alpha value is -2.82. The van der Waals surface area contributed by atoms with E-state index in [1.807, 2.05) is 49.4 Å². The minimum absolute atomic E-state index is 0.0515. The van der Waals surface area contributed by atoms with E-state index in [0.29, 0.717) is 0 Å². The number of hydrogen-bond acceptors (Lipinski definition) is 3. The summed E-state index contributed by atoms with van der Waals surface area (Å²) in [5, 5.41) is 3.07. The molecule has 0 aliphatic heterocycles. The molecule has 1 heterocycles. The highest BCUT2D eigenvalue weighted by Crippen LogP contribution is 2.25. The normalized spacial score (nSPS) is 12.3. The third kappa shape index (κ3) is 3.57. The van der Waals surface area contributed by atoms with E-state index in [1.54, 1.807) is 7.11 Å². The van der Waals surface area contributed by atoms with Crippen LogP contribution < -0.4 is 10.1 Å². The number of aromatic nitrogens is 2. The topological polar surface area (TPSA) is 56.1 Å². The second kappa shape index (κ2) is 7.60. The molecule has 26 heavy (non-hydrogen) atoms. The number of amides is 1. The number of ether oxygens (including phenoxy) is 1. The zero-order valence-corrected chi connectivity index (χ0v) is 15.7. The molecule has 136 valence electrons. The SMILES string of the molecule is COc1ccccc1CC(=O)N[C@@H](C)c1nc2ccccc2n1C(C)C. The number of nitrogens with zero attached hydrogens (tertiary/aromatic N) is 2. The molecule has 0 bridgehead atoms. The second-order valence-electron chi connectivity index (χ2n) is 6.70. The van der Waals surface area contributed by atoms with Crippen LogP contribution in [0.4, 0.5) is 0 Å². The van der Waals surface area contributed by atoms with Gasteiger partial charge in [0.15, 0.2) is 0 Å². The van der Waals surface area contributed by atoms with E-state index in [4.69, 9.17) is 9.72 Å². The van der Waals surface area contributed by atoms with E-state index >= 15 is 0 Å². The summed E-state index contributed by atoms with van der Waals surface area (Å²) in [6, 6.07) is 15.7. The highest BCUT2D eigenvalue weighted by Gasteiger charge is 2.20. The van der Waals surface area contributed by atoms with Crippen LogP contribution in [0.25, 0.3) is 11.0 Å². The summed E-state index contributed by atoms with van der Waals surface area (Å²) in [5.74, 6) is 1.55. The third-order valence-electron chi connectivity index (χ3n) is 4.45. The van der Waals surface area contributed by atoms with Crippen molar-refractivity contribution in [3.63, 3.8) is 0 Å². The molecule has 1 amide bonds. The van der Waals surface area contributed by atoms with E-state index in [1.165, 1.54) is 0 Å². The van der Waals surface area contributed by atoms with Gasteiger partial charge < -0.3 is 14.6 Å². The Kier molecular flexibility index (Phi) is 5.26. The number of benzene rings is 2. The van der Waals surface area contributed by atoms with Gasteiger partial charge in [0.25, 0.3) is 0 Å². The van der Waals surface area contributed by atoms with Crippen molar-refractivity contribution >= 4 is 16.9 Å². The molecule has 0 fully saturated rings. The van der Waals surface area contributed by atoms with Crippen LogP contribution in [0, 0.1) is 0 Å². The molecular formula is C21H25N3O2. The lowest BCUT2D eigenvalue weighted by atomic mass is 10.1. The smallest absolute Gasteiger partial charge is 0.225 e. The fraction of sp³-hybridized carbons (Fsp3) is 0.333. The van der Waals surface area contributed by atoms with Crippen molar-refractivity contribution in [3.8, 4) is 5.75 Å². The first kappa shape index (κ1) is 18.0. The Balaban J connectivity index is 1.81. The maximum Gasteiger partial charge on any atom is 0.225 e. The van der Waals surface area contributed by atoms with E-state index < -0.39 is 0 Å². The van der Waals surface area contributed by atoms with E-state index in [-0.39, 0.29) is 24.4 Å². The van der Waals surface area contributed by atoms with Gasteiger partial charge in [0, 0.05) is 11.6 Å². The number of hydrogen-bond donors (Lipinski definition) is 1. The lowest BCUT2D eigenvalue weighted by Gasteiger charge is -2.19. The number of carbonyl (C=O) groups excluding carboxylic acids is 1. The zero-order valence-electron chi connectivity index (χ0n) is 15.7. The van der Waals surface area contributed by atoms with E-state index in [2.05, 4.69) is 29.8 Å². The number of nitrogens with one attached hydrogen (secondary N) is 1. The molecule has 0 aliphatic rings. The molecule has 5 heteroatoms. The summed E-state index contributed by atoms with van der Waals surface area (Å²) in [5.41, 5.74) is 2.91. The van der Waals surface area contributed by atoms with Gasteiger partial charge in [-0.25, -0.2) is 4.98 Å². The zero-order chi connectivity index (χ0) is 18.7. The Morgan fingerprint density at radius 3 is 2.54 bits per heavy atom. The van der Waals surface area contributed by atoms with Crippen molar-refractivity contribution in [2.24, 2.45) is 0 Å². The summed E-state index contributed by atoms with van der Waals surface area (Å²) in [6.45, 7) is 6.22. The molecule has 1 aromatic heterocycles. The average molecular weight is 351 g/mol. The maximum absolute atomic E-state index is 12.6. The van der Waals surface area contributed by atoms with Crippen molar-refractivity contribution in [1.82, 2.24) is 14.9 Å². The molecule has 0 saturated heterocycles. The van der Waals surface area contributed by atoms with Crippen molar-refractivity contribution in [2.45, 2.75) is 39.3 Å². The number of para-hydroxylation sites is 3. The number of fused-ring (bicyclic) bond motifs is 1. The van der Waals surface area contributed by atoms with Crippen LogP contribution in [-0.2, 0) is 11.2 Å². The average Bonchev–Trinajstić information content (AvgIpc) is 3.02. The van der Waals surface area contributed by atoms with Crippen LogP contribution in [-0.4, -0.2) is 22.6 Å². The standard InChI is InChI=1S/C21H25N3O2/c1-14(2)24-18-11-7-6-10-17(18)23-21(24)15(3)22-20(25)13-16-9-5-8-12-19(16)26-4/h5-12,14-15H,13H2,1-4H3,(H,22,25)/t15-/m0/s1. The highest BCUT2D eigenvalue weighted by atomic mass is 16.5. The predicted molar refractivity (Wildman–Crippen MR) is 103 cm³/mol. The highest BCUT2D eigenvalue weighted by molar-refractivity contribution is 5.80. The maximum atomic E-state index is 12.6. The van der Waals surface area contributed by atoms with Crippen LogP contribution in [0.15, 0.2) is 48.5 Å². The minimum Gasteiger partial charge on any atom is -0.496 e. The molecular weight excluding hydrogens is 326 g/mol. The van der Waals surface area contributed by atoms with Gasteiger partial charge in [-0.2, -0.15) is 0 Å². The summed E-state index contributed by atoms with van der Waals surface area (Å²) < 4.78 is 7.51. The van der Waals surface area contributed by atoms with E-state index in [9.17, 15) is 4.79 Å². The summed E-state index contributed by atoms with van der Waals surface area (Å²) in [6.07, 6.45) is 0.274. The number of carbonyl (C=O) groups is 1. The first-order valence-corrected chi connectivity index (χ1v) is 8.89. The molecule has 3 aromatic rings. The van der Waals surface area contributed by atoms with Gasteiger partial charge in [0.05, 0.1) is 30.6 Å². The molecule has 0 aliphatic carbocycles. The fourth-order valence-electron chi connectivity index (χ4n) is 3.29. The first-order valence-electron chi connectivity index (χ1n) is 8.89. The van der Waals surface area contributed by atoms with Crippen molar-refractivity contribution in [3.05, 3.63) is 59.9 Å². The molecule has 0 unspecified atom stereocenters. The summed E-state index contributed by atoms with van der Waals surface area (Å²) in [7, 11) is 1.62. The molecule has 0 saturated carbocycles. The van der Waals surface area contributed by atoms with Crippen LogP contribution in [0.3, 0.4) is 0 Å². The fourth-order valence-corrected chi connectivity index (χ4v) is 3.29. The molecule has 1 N–H and O–H groups in total. The largest absolute Gasteiger partial charge is 0.496 e. The van der Waals surface area contributed by atoms with Gasteiger partial charge in [-0.05, 0) is 39.0 Å². The first-order chi connectivity index (χ1) is 12.5. The Morgan fingerprint density at radius 1 is 1.12 bits per heavy atom. The van der Waals surface area contributed by atoms with Gasteiger partial charge >= 0.3 is 0 Å². The molecule has 1 atom stereocenters. The molecule has 5 nitrogen and oxygen atoms in total. The summed E-state index contributed by atoms with van der Waals surface area (Å²) in [4.78, 5) is 17.3. The monoisotopic (exact) mass is 351 g/mol. The molecule has 0 radical (unpaired) electrons. The third-order valence-corrected chi connectivity index (χ3v) is 4.45. The minimum atomic E-state index is -0.188. The summed E-state index contributed by atoms with van der Waals surface area (Å²) >= 11 is 0. The lowest BCUT2D eigenvalue weighted by Crippen LogP contribution is -2.30. The van der Waals surface area contributed by atoms with Crippen LogP contribution in [0.1, 0.15) is 44.2 Å². The van der Waals surface area contributed by atoms with Crippen LogP contribution >= 0.6 is 0 Å². The predicted octanol–water partition coefficient (Wildman–Crippen LogP) is 4.05. The lowest BCUT2D eigenvalue weighted by molar-refractivity contribution is -0.121. The van der Waals surface area contributed by atoms with Gasteiger partial charge in [-0.3, -0.25) is 4.79 Å². The van der Waals surface area contributed by atoms with Gasteiger partial charge in [-0.15, -0.1) is 0 Å². The molecule has 3 rings (SSSR count). The van der Waals surface area contributed by atoms with E-state index in [0.717, 1.165) is 28.2 Å². The van der Waals surface area contributed by atoms with Crippen LogP contribution in [0.5, 0.6) is 5.75 Å². The van der Waals surface area contributed by atoms with Crippen LogP contribution in [0.2, 0.25) is 0 Å². The number of rotatable bonds is 6. The number of imidazole rings is 1. The number of methoxy groups -OCH3 is 1. The van der Waals surface area contributed by atoms with Gasteiger partial charge in [0.1, 0.15) is 11.6 Å². The second-order valence-corrected chi connectivity index (χ2v) is 6.70. The van der Waals surface area contributed by atoms with Crippen molar-refractivity contribution < 1.29 is 9.53 Å². The molecule has 2 aromatic carbocycles. The van der Waals surface area contributed by atoms with Crippen molar-refractivity contribution in [2.75, 3.05) is 7.11 Å². The quantitative estimate of drug-likeness (QED) is 0.729. The van der Waals surface area contributed by atoms with Crippen molar-refractivity contribution in [1.29, 1.82) is 0 Å². The molecule has 0 spiro atoms. The van der Waals surface area contributed by atoms with Gasteiger partial charge in [-0.1, -0.05) is 30.3 Å². The van der Waals surface area contributed by atoms with Gasteiger partial charge in [0.2, 0.25) is 5.91 Å². The Labute approximate surface area is 154 Å².